The van der Waals surface area contributed by atoms with Gasteiger partial charge < -0.3 is 0 Å². The Morgan fingerprint density at radius 3 is 2.82 bits per heavy atom. The molecule has 0 amide bonds. The molecule has 2 nitrogen and oxygen atoms in total. The fraction of sp³-hybridized carbons (Fsp3) is 0.250. The zero-order chi connectivity index (χ0) is 8.27. The first kappa shape index (κ1) is 8.40. The summed E-state index contributed by atoms with van der Waals surface area (Å²) in [5.74, 6) is 0. The van der Waals surface area contributed by atoms with Crippen LogP contribution in [-0.2, 0) is 6.42 Å². The van der Waals surface area contributed by atoms with Crippen LogP contribution in [0.4, 0.5) is 5.69 Å². The Morgan fingerprint density at radius 2 is 2.27 bits per heavy atom. The second-order valence-electron chi connectivity index (χ2n) is 2.22. The lowest BCUT2D eigenvalue weighted by molar-refractivity contribution is 1.13. The largest absolute Gasteiger partial charge is 0.145 e. The van der Waals surface area contributed by atoms with Crippen molar-refractivity contribution in [3.63, 3.8) is 0 Å². The van der Waals surface area contributed by atoms with E-state index in [2.05, 4.69) is 21.1 Å². The first-order valence-corrected chi connectivity index (χ1v) is 4.19. The first-order valence-electron chi connectivity index (χ1n) is 3.39. The molecule has 0 spiro atoms. The van der Waals surface area contributed by atoms with Gasteiger partial charge in [-0.1, -0.05) is 22.9 Å². The Labute approximate surface area is 73.7 Å². The summed E-state index contributed by atoms with van der Waals surface area (Å²) >= 11 is 3.32. The molecule has 0 aliphatic heterocycles. The van der Waals surface area contributed by atoms with E-state index in [9.17, 15) is 4.91 Å². The topological polar surface area (TPSA) is 29.4 Å². The van der Waals surface area contributed by atoms with Crippen molar-refractivity contribution in [3.05, 3.63) is 33.1 Å². The summed E-state index contributed by atoms with van der Waals surface area (Å²) < 4.78 is 0.988. The van der Waals surface area contributed by atoms with Crippen molar-refractivity contribution in [2.75, 3.05) is 0 Å². The van der Waals surface area contributed by atoms with Gasteiger partial charge in [-0.15, -0.1) is 4.91 Å². The molecule has 3 heteroatoms. The third-order valence-electron chi connectivity index (χ3n) is 1.52. The molecule has 0 aromatic heterocycles. The SMILES string of the molecule is CCc1cc(Br)ccc1N=O. The maximum absolute atomic E-state index is 10.2. The maximum Gasteiger partial charge on any atom is 0.111 e. The summed E-state index contributed by atoms with van der Waals surface area (Å²) in [5, 5.41) is 2.91. The van der Waals surface area contributed by atoms with Crippen LogP contribution in [-0.4, -0.2) is 0 Å². The molecule has 0 unspecified atom stereocenters. The number of nitrogens with zero attached hydrogens (tertiary/aromatic N) is 1. The number of aryl methyl sites for hydroxylation is 1. The fourth-order valence-electron chi connectivity index (χ4n) is 0.926. The van der Waals surface area contributed by atoms with Crippen LogP contribution in [0.25, 0.3) is 0 Å². The molecule has 1 aromatic rings. The van der Waals surface area contributed by atoms with Crippen molar-refractivity contribution in [2.45, 2.75) is 13.3 Å². The van der Waals surface area contributed by atoms with Crippen molar-refractivity contribution in [3.8, 4) is 0 Å². The van der Waals surface area contributed by atoms with Gasteiger partial charge in [-0.05, 0) is 35.4 Å². The second-order valence-corrected chi connectivity index (χ2v) is 3.13. The lowest BCUT2D eigenvalue weighted by Gasteiger charge is -1.99. The van der Waals surface area contributed by atoms with E-state index in [-0.39, 0.29) is 0 Å². The third-order valence-corrected chi connectivity index (χ3v) is 2.01. The first-order chi connectivity index (χ1) is 5.27. The van der Waals surface area contributed by atoms with Gasteiger partial charge in [0.25, 0.3) is 0 Å². The van der Waals surface area contributed by atoms with E-state index in [0.717, 1.165) is 16.5 Å². The molecule has 1 aromatic carbocycles. The molecule has 0 aliphatic rings. The molecular weight excluding hydrogens is 206 g/mol. The van der Waals surface area contributed by atoms with Gasteiger partial charge in [0, 0.05) is 4.47 Å². The molecule has 0 heterocycles. The van der Waals surface area contributed by atoms with Gasteiger partial charge in [0.05, 0.1) is 0 Å². The van der Waals surface area contributed by atoms with Gasteiger partial charge in [0.15, 0.2) is 0 Å². The van der Waals surface area contributed by atoms with Crippen molar-refractivity contribution in [1.82, 2.24) is 0 Å². The van der Waals surface area contributed by atoms with E-state index in [0.29, 0.717) is 5.69 Å². The van der Waals surface area contributed by atoms with Crippen LogP contribution in [0.5, 0.6) is 0 Å². The van der Waals surface area contributed by atoms with Crippen molar-refractivity contribution < 1.29 is 0 Å². The zero-order valence-electron chi connectivity index (χ0n) is 6.17. The highest BCUT2D eigenvalue weighted by Crippen LogP contribution is 2.23. The molecule has 0 N–H and O–H groups in total. The van der Waals surface area contributed by atoms with Crippen molar-refractivity contribution in [1.29, 1.82) is 0 Å². The highest BCUT2D eigenvalue weighted by molar-refractivity contribution is 9.10. The molecule has 0 atom stereocenters. The molecule has 0 saturated carbocycles. The van der Waals surface area contributed by atoms with E-state index < -0.39 is 0 Å². The van der Waals surface area contributed by atoms with Crippen molar-refractivity contribution in [2.24, 2.45) is 5.18 Å². The van der Waals surface area contributed by atoms with Crippen LogP contribution in [0.2, 0.25) is 0 Å². The molecule has 0 radical (unpaired) electrons. The lowest BCUT2D eigenvalue weighted by Crippen LogP contribution is -1.79. The lowest BCUT2D eigenvalue weighted by atomic mass is 10.1. The maximum atomic E-state index is 10.2. The Morgan fingerprint density at radius 1 is 1.55 bits per heavy atom. The summed E-state index contributed by atoms with van der Waals surface area (Å²) in [6, 6.07) is 5.45. The number of nitroso groups, excluding NO2 is 1. The Bertz CT molecular complexity index is 273. The third kappa shape index (κ3) is 1.87. The highest BCUT2D eigenvalue weighted by Gasteiger charge is 1.99. The summed E-state index contributed by atoms with van der Waals surface area (Å²) in [5.41, 5.74) is 1.52. The smallest absolute Gasteiger partial charge is 0.111 e. The minimum Gasteiger partial charge on any atom is -0.145 e. The van der Waals surface area contributed by atoms with Crippen LogP contribution < -0.4 is 0 Å². The minimum absolute atomic E-state index is 0.538. The quantitative estimate of drug-likeness (QED) is 0.693. The Balaban J connectivity index is 3.16. The molecule has 0 bridgehead atoms. The summed E-state index contributed by atoms with van der Waals surface area (Å²) in [7, 11) is 0. The van der Waals surface area contributed by atoms with Crippen LogP contribution in [0.15, 0.2) is 27.8 Å². The van der Waals surface area contributed by atoms with Crippen LogP contribution in [0.1, 0.15) is 12.5 Å². The number of hydrogen-bond acceptors (Lipinski definition) is 2. The molecular formula is C8H8BrNO. The van der Waals surface area contributed by atoms with Crippen LogP contribution in [0.3, 0.4) is 0 Å². The molecule has 11 heavy (non-hydrogen) atoms. The Kier molecular flexibility index (Phi) is 2.76. The summed E-state index contributed by atoms with van der Waals surface area (Å²) in [4.78, 5) is 10.2. The summed E-state index contributed by atoms with van der Waals surface area (Å²) in [6.07, 6.45) is 0.834. The number of benzene rings is 1. The van der Waals surface area contributed by atoms with Gasteiger partial charge in [-0.25, -0.2) is 0 Å². The van der Waals surface area contributed by atoms with Crippen LogP contribution >= 0.6 is 15.9 Å². The van der Waals surface area contributed by atoms with Gasteiger partial charge in [-0.2, -0.15) is 0 Å². The number of rotatable bonds is 2. The van der Waals surface area contributed by atoms with Crippen molar-refractivity contribution >= 4 is 21.6 Å². The number of halogens is 1. The molecule has 0 fully saturated rings. The van der Waals surface area contributed by atoms with E-state index in [1.807, 2.05) is 19.1 Å². The fourth-order valence-corrected chi connectivity index (χ4v) is 1.33. The predicted molar refractivity (Wildman–Crippen MR) is 49.0 cm³/mol. The average molecular weight is 214 g/mol. The molecule has 0 saturated heterocycles. The standard InChI is InChI=1S/C8H8BrNO/c1-2-6-5-7(9)3-4-8(6)10-11/h3-5H,2H2,1H3. The molecule has 0 aliphatic carbocycles. The summed E-state index contributed by atoms with van der Waals surface area (Å²) in [6.45, 7) is 2.00. The van der Waals surface area contributed by atoms with E-state index in [1.54, 1.807) is 6.07 Å². The molecule has 1 rings (SSSR count). The van der Waals surface area contributed by atoms with Gasteiger partial charge in [0.1, 0.15) is 5.69 Å². The van der Waals surface area contributed by atoms with Gasteiger partial charge in [-0.3, -0.25) is 0 Å². The van der Waals surface area contributed by atoms with Gasteiger partial charge >= 0.3 is 0 Å². The van der Waals surface area contributed by atoms with Crippen LogP contribution in [0, 0.1) is 4.91 Å². The molecule has 58 valence electrons. The minimum atomic E-state index is 0.538. The van der Waals surface area contributed by atoms with E-state index in [1.165, 1.54) is 0 Å². The number of hydrogen-bond donors (Lipinski definition) is 0. The zero-order valence-corrected chi connectivity index (χ0v) is 7.76. The van der Waals surface area contributed by atoms with Gasteiger partial charge in [0.2, 0.25) is 0 Å². The average Bonchev–Trinajstić information content (AvgIpc) is 2.04. The monoisotopic (exact) mass is 213 g/mol. The normalized spacial score (nSPS) is 9.64. The Hall–Kier alpha value is -0.700. The van der Waals surface area contributed by atoms with E-state index in [4.69, 9.17) is 0 Å². The predicted octanol–water partition coefficient (Wildman–Crippen LogP) is 3.41. The highest BCUT2D eigenvalue weighted by atomic mass is 79.9. The second kappa shape index (κ2) is 3.62. The van der Waals surface area contributed by atoms with E-state index >= 15 is 0 Å².